The van der Waals surface area contributed by atoms with E-state index < -0.39 is 0 Å². The standard InChI is InChI=1S/C21H31N5O/c1-23(2)21-19-9-6-13-25(19)16-17(22-21)18-8-7-14-26(18)20(27)10-15-24-11-4-3-5-12-24/h6,9,13,16,18H,3-5,7-8,10-12,14-15H2,1-2H3/t18-/m1/s1. The molecule has 0 bridgehead atoms. The third kappa shape index (κ3) is 3.81. The lowest BCUT2D eigenvalue weighted by molar-refractivity contribution is -0.132. The number of rotatable bonds is 5. The number of anilines is 1. The fraction of sp³-hybridized carbons (Fsp3) is 0.619. The molecule has 0 unspecified atom stereocenters. The molecule has 27 heavy (non-hydrogen) atoms. The Kier molecular flexibility index (Phi) is 5.34. The van der Waals surface area contributed by atoms with Crippen LogP contribution in [0.4, 0.5) is 5.82 Å². The van der Waals surface area contributed by atoms with Crippen molar-refractivity contribution in [2.75, 3.05) is 45.2 Å². The zero-order valence-electron chi connectivity index (χ0n) is 16.6. The van der Waals surface area contributed by atoms with Crippen molar-refractivity contribution >= 4 is 17.2 Å². The molecule has 0 spiro atoms. The molecule has 2 fully saturated rings. The fourth-order valence-electron chi connectivity index (χ4n) is 4.49. The number of likely N-dealkylation sites (tertiary alicyclic amines) is 2. The van der Waals surface area contributed by atoms with Gasteiger partial charge in [-0.15, -0.1) is 0 Å². The van der Waals surface area contributed by atoms with Gasteiger partial charge in [-0.25, -0.2) is 4.98 Å². The van der Waals surface area contributed by atoms with Gasteiger partial charge >= 0.3 is 0 Å². The van der Waals surface area contributed by atoms with E-state index in [-0.39, 0.29) is 11.9 Å². The average molecular weight is 370 g/mol. The Hall–Kier alpha value is -2.08. The van der Waals surface area contributed by atoms with Crippen molar-refractivity contribution in [2.24, 2.45) is 0 Å². The number of carbonyl (C=O) groups is 1. The number of piperidine rings is 1. The largest absolute Gasteiger partial charge is 0.361 e. The van der Waals surface area contributed by atoms with E-state index in [1.807, 2.05) is 20.2 Å². The lowest BCUT2D eigenvalue weighted by atomic mass is 10.1. The smallest absolute Gasteiger partial charge is 0.224 e. The summed E-state index contributed by atoms with van der Waals surface area (Å²) in [4.78, 5) is 24.5. The highest BCUT2D eigenvalue weighted by atomic mass is 16.2. The first-order valence-corrected chi connectivity index (χ1v) is 10.3. The van der Waals surface area contributed by atoms with Crippen molar-refractivity contribution in [1.82, 2.24) is 19.2 Å². The van der Waals surface area contributed by atoms with Crippen LogP contribution in [0.5, 0.6) is 0 Å². The van der Waals surface area contributed by atoms with E-state index in [4.69, 9.17) is 4.98 Å². The normalized spacial score (nSPS) is 21.1. The van der Waals surface area contributed by atoms with E-state index >= 15 is 0 Å². The average Bonchev–Trinajstić information content (AvgIpc) is 3.35. The highest BCUT2D eigenvalue weighted by Crippen LogP contribution is 2.33. The predicted molar refractivity (Wildman–Crippen MR) is 108 cm³/mol. The summed E-state index contributed by atoms with van der Waals surface area (Å²) >= 11 is 0. The molecule has 2 aromatic heterocycles. The van der Waals surface area contributed by atoms with E-state index in [9.17, 15) is 4.79 Å². The molecule has 4 rings (SSSR count). The summed E-state index contributed by atoms with van der Waals surface area (Å²) in [6, 6.07) is 4.23. The second-order valence-electron chi connectivity index (χ2n) is 8.08. The third-order valence-corrected chi connectivity index (χ3v) is 5.94. The third-order valence-electron chi connectivity index (χ3n) is 5.94. The van der Waals surface area contributed by atoms with Gasteiger partial charge in [-0.3, -0.25) is 4.79 Å². The summed E-state index contributed by atoms with van der Waals surface area (Å²) in [5.74, 6) is 1.24. The van der Waals surface area contributed by atoms with Crippen LogP contribution in [-0.4, -0.2) is 65.4 Å². The highest BCUT2D eigenvalue weighted by Gasteiger charge is 2.31. The lowest BCUT2D eigenvalue weighted by Crippen LogP contribution is -2.36. The van der Waals surface area contributed by atoms with Gasteiger partial charge in [0.05, 0.1) is 17.3 Å². The Morgan fingerprint density at radius 3 is 2.78 bits per heavy atom. The van der Waals surface area contributed by atoms with Crippen molar-refractivity contribution in [3.63, 3.8) is 0 Å². The molecule has 2 aliphatic rings. The van der Waals surface area contributed by atoms with Crippen LogP contribution in [0.25, 0.3) is 5.52 Å². The molecular weight excluding hydrogens is 338 g/mol. The zero-order valence-corrected chi connectivity index (χ0v) is 16.6. The predicted octanol–water partition coefficient (Wildman–Crippen LogP) is 2.94. The number of amides is 1. The van der Waals surface area contributed by atoms with Crippen LogP contribution >= 0.6 is 0 Å². The van der Waals surface area contributed by atoms with Crippen molar-refractivity contribution in [1.29, 1.82) is 0 Å². The molecule has 1 atom stereocenters. The molecule has 146 valence electrons. The Labute approximate surface area is 161 Å². The molecule has 0 aliphatic carbocycles. The maximum Gasteiger partial charge on any atom is 0.224 e. The number of fused-ring (bicyclic) bond motifs is 1. The second kappa shape index (κ2) is 7.89. The molecule has 2 aromatic rings. The quantitative estimate of drug-likeness (QED) is 0.813. The van der Waals surface area contributed by atoms with Gasteiger partial charge in [-0.2, -0.15) is 0 Å². The van der Waals surface area contributed by atoms with Gasteiger partial charge in [0.25, 0.3) is 0 Å². The van der Waals surface area contributed by atoms with Crippen LogP contribution in [-0.2, 0) is 4.79 Å². The summed E-state index contributed by atoms with van der Waals surface area (Å²) in [7, 11) is 4.05. The second-order valence-corrected chi connectivity index (χ2v) is 8.08. The van der Waals surface area contributed by atoms with Gasteiger partial charge in [-0.1, -0.05) is 6.42 Å². The summed E-state index contributed by atoms with van der Waals surface area (Å²) < 4.78 is 2.13. The monoisotopic (exact) mass is 369 g/mol. The molecule has 0 N–H and O–H groups in total. The number of hydrogen-bond donors (Lipinski definition) is 0. The maximum absolute atomic E-state index is 13.0. The maximum atomic E-state index is 13.0. The van der Waals surface area contributed by atoms with Gasteiger partial charge in [-0.05, 0) is 50.9 Å². The van der Waals surface area contributed by atoms with E-state index in [2.05, 4.69) is 37.6 Å². The van der Waals surface area contributed by atoms with Crippen LogP contribution in [0.3, 0.4) is 0 Å². The first kappa shape index (κ1) is 18.3. The van der Waals surface area contributed by atoms with E-state index in [1.165, 1.54) is 19.3 Å². The van der Waals surface area contributed by atoms with Crippen LogP contribution in [0.2, 0.25) is 0 Å². The summed E-state index contributed by atoms with van der Waals surface area (Å²) in [6.07, 6.45) is 10.7. The van der Waals surface area contributed by atoms with Crippen LogP contribution in [0, 0.1) is 0 Å². The van der Waals surface area contributed by atoms with Crippen LogP contribution in [0.1, 0.15) is 50.3 Å². The van der Waals surface area contributed by atoms with Gasteiger partial charge < -0.3 is 19.1 Å². The zero-order chi connectivity index (χ0) is 18.8. The van der Waals surface area contributed by atoms with Crippen molar-refractivity contribution < 1.29 is 4.79 Å². The Bertz CT molecular complexity index is 793. The Morgan fingerprint density at radius 1 is 1.19 bits per heavy atom. The SMILES string of the molecule is CN(C)c1nc([C@H]2CCCN2C(=O)CCN2CCCCC2)cn2cccc12. The van der Waals surface area contributed by atoms with Gasteiger partial charge in [0, 0.05) is 46.0 Å². The molecule has 4 heterocycles. The fourth-order valence-corrected chi connectivity index (χ4v) is 4.49. The number of aromatic nitrogens is 2. The molecule has 6 nitrogen and oxygen atoms in total. The van der Waals surface area contributed by atoms with E-state index in [0.29, 0.717) is 6.42 Å². The molecule has 1 amide bonds. The van der Waals surface area contributed by atoms with Crippen LogP contribution in [0.15, 0.2) is 24.5 Å². The van der Waals surface area contributed by atoms with Crippen molar-refractivity contribution in [3.8, 4) is 0 Å². The van der Waals surface area contributed by atoms with Gasteiger partial charge in [0.15, 0.2) is 5.82 Å². The lowest BCUT2D eigenvalue weighted by Gasteiger charge is -2.29. The molecular formula is C21H31N5O. The van der Waals surface area contributed by atoms with Gasteiger partial charge in [0.1, 0.15) is 0 Å². The summed E-state index contributed by atoms with van der Waals surface area (Å²) in [5.41, 5.74) is 2.11. The number of nitrogens with zero attached hydrogens (tertiary/aromatic N) is 5. The number of hydrogen-bond acceptors (Lipinski definition) is 4. The minimum Gasteiger partial charge on any atom is -0.361 e. The molecule has 2 saturated heterocycles. The molecule has 2 aliphatic heterocycles. The van der Waals surface area contributed by atoms with Gasteiger partial charge in [0.2, 0.25) is 5.91 Å². The Morgan fingerprint density at radius 2 is 2.00 bits per heavy atom. The van der Waals surface area contributed by atoms with Crippen LogP contribution < -0.4 is 4.90 Å². The molecule has 0 saturated carbocycles. The Balaban J connectivity index is 1.50. The minimum atomic E-state index is 0.101. The summed E-state index contributed by atoms with van der Waals surface area (Å²) in [5, 5.41) is 0. The number of carbonyl (C=O) groups excluding carboxylic acids is 1. The first-order valence-electron chi connectivity index (χ1n) is 10.3. The first-order chi connectivity index (χ1) is 13.1. The topological polar surface area (TPSA) is 44.1 Å². The molecule has 0 radical (unpaired) electrons. The highest BCUT2D eigenvalue weighted by molar-refractivity contribution is 5.77. The minimum absolute atomic E-state index is 0.101. The molecule has 6 heteroatoms. The molecule has 0 aromatic carbocycles. The van der Waals surface area contributed by atoms with Crippen molar-refractivity contribution in [2.45, 2.75) is 44.6 Å². The summed E-state index contributed by atoms with van der Waals surface area (Å²) in [6.45, 7) is 4.05. The van der Waals surface area contributed by atoms with E-state index in [1.54, 1.807) is 0 Å². The van der Waals surface area contributed by atoms with E-state index in [0.717, 1.165) is 56.0 Å². The van der Waals surface area contributed by atoms with Crippen molar-refractivity contribution in [3.05, 3.63) is 30.2 Å².